The molecule has 0 unspecified atom stereocenters. The molecule has 0 aliphatic heterocycles. The second-order valence-electron chi connectivity index (χ2n) is 9.36. The summed E-state index contributed by atoms with van der Waals surface area (Å²) in [6, 6.07) is 16.4. The van der Waals surface area contributed by atoms with Crippen molar-refractivity contribution in [2.45, 2.75) is 45.8 Å². The number of hydrogen-bond donors (Lipinski definition) is 3. The van der Waals surface area contributed by atoms with Crippen LogP contribution in [0.5, 0.6) is 5.75 Å². The Morgan fingerprint density at radius 3 is 2.61 bits per heavy atom. The number of carbonyl (C=O) groups excluding carboxylic acids is 1. The molecule has 198 valence electrons. The zero-order valence-electron chi connectivity index (χ0n) is 21.6. The van der Waals surface area contributed by atoms with Crippen molar-refractivity contribution < 1.29 is 19.8 Å². The van der Waals surface area contributed by atoms with Crippen LogP contribution in [0.1, 0.15) is 48.7 Å². The molecule has 2 aromatic heterocycles. The van der Waals surface area contributed by atoms with E-state index in [1.807, 2.05) is 67.0 Å². The molecular formula is C29H31ClN4O4. The van der Waals surface area contributed by atoms with Crippen molar-refractivity contribution in [1.82, 2.24) is 14.7 Å². The molecule has 8 nitrogen and oxygen atoms in total. The fraction of sp³-hybridized carbons (Fsp3) is 0.276. The van der Waals surface area contributed by atoms with Gasteiger partial charge in [0, 0.05) is 41.7 Å². The van der Waals surface area contributed by atoms with Gasteiger partial charge in [-0.3, -0.25) is 4.79 Å². The number of ether oxygens (including phenoxy) is 1. The summed E-state index contributed by atoms with van der Waals surface area (Å²) in [4.78, 5) is 17.6. The molecule has 0 aliphatic rings. The van der Waals surface area contributed by atoms with Gasteiger partial charge in [-0.05, 0) is 69.5 Å². The van der Waals surface area contributed by atoms with Gasteiger partial charge in [-0.15, -0.1) is 0 Å². The molecule has 0 spiro atoms. The Hall–Kier alpha value is -3.88. The second-order valence-corrected chi connectivity index (χ2v) is 9.77. The highest BCUT2D eigenvalue weighted by Gasteiger charge is 2.17. The van der Waals surface area contributed by atoms with Crippen molar-refractivity contribution >= 4 is 28.9 Å². The molecular weight excluding hydrogens is 504 g/mol. The summed E-state index contributed by atoms with van der Waals surface area (Å²) in [5.41, 5.74) is 5.11. The average molecular weight is 535 g/mol. The number of nitrogens with zero attached hydrogens (tertiary/aromatic N) is 3. The number of rotatable bonds is 10. The minimum absolute atomic E-state index is 0.0254. The smallest absolute Gasteiger partial charge is 0.251 e. The molecule has 2 aromatic carbocycles. The van der Waals surface area contributed by atoms with Crippen LogP contribution in [0.4, 0.5) is 0 Å². The standard InChI is InChI=1S/C29H31ClN4O4/c1-18(2)38-27-11-10-22(16-25(27)30)29(36)31-23(12-14-35)15-20-6-8-21(9-7-20)26-17-34-13-4-5-24(19(3)33-37)28(34)32-26/h4-11,13,16-18,23,35,37H,12,14-15H2,1-3H3,(H,31,36)/b33-19+/t23-/m1/s1. The summed E-state index contributed by atoms with van der Waals surface area (Å²) in [5.74, 6) is 0.268. The third-order valence-corrected chi connectivity index (χ3v) is 6.42. The molecule has 38 heavy (non-hydrogen) atoms. The van der Waals surface area contributed by atoms with Crippen molar-refractivity contribution in [3.63, 3.8) is 0 Å². The van der Waals surface area contributed by atoms with E-state index in [1.165, 1.54) is 0 Å². The van der Waals surface area contributed by atoms with Crippen LogP contribution in [0.2, 0.25) is 5.02 Å². The SMILES string of the molecule is C/C(=N\O)c1cccn2cc(-c3ccc(C[C@@H](CCO)NC(=O)c4ccc(OC(C)C)c(Cl)c4)cc3)nc12. The van der Waals surface area contributed by atoms with Crippen LogP contribution < -0.4 is 10.1 Å². The van der Waals surface area contributed by atoms with E-state index in [0.29, 0.717) is 40.5 Å². The number of aliphatic hydroxyl groups is 1. The maximum atomic E-state index is 12.9. The van der Waals surface area contributed by atoms with E-state index in [0.717, 1.165) is 22.4 Å². The monoisotopic (exact) mass is 534 g/mol. The maximum Gasteiger partial charge on any atom is 0.251 e. The Bertz CT molecular complexity index is 1450. The number of pyridine rings is 1. The minimum Gasteiger partial charge on any atom is -0.489 e. The van der Waals surface area contributed by atoms with Gasteiger partial charge in [-0.25, -0.2) is 4.98 Å². The molecule has 0 fully saturated rings. The van der Waals surface area contributed by atoms with Crippen molar-refractivity contribution in [3.8, 4) is 17.0 Å². The zero-order chi connectivity index (χ0) is 27.2. The van der Waals surface area contributed by atoms with Gasteiger partial charge in [0.05, 0.1) is 22.5 Å². The third kappa shape index (κ3) is 6.33. The van der Waals surface area contributed by atoms with E-state index >= 15 is 0 Å². The third-order valence-electron chi connectivity index (χ3n) is 6.12. The number of fused-ring (bicyclic) bond motifs is 1. The van der Waals surface area contributed by atoms with Gasteiger partial charge >= 0.3 is 0 Å². The zero-order valence-corrected chi connectivity index (χ0v) is 22.3. The van der Waals surface area contributed by atoms with Crippen LogP contribution >= 0.6 is 11.6 Å². The van der Waals surface area contributed by atoms with Gasteiger partial charge in [-0.1, -0.05) is 41.0 Å². The summed E-state index contributed by atoms with van der Waals surface area (Å²) >= 11 is 6.30. The molecule has 1 amide bonds. The molecule has 0 bridgehead atoms. The number of nitrogens with one attached hydrogen (secondary N) is 1. The largest absolute Gasteiger partial charge is 0.489 e. The van der Waals surface area contributed by atoms with E-state index in [2.05, 4.69) is 10.5 Å². The lowest BCUT2D eigenvalue weighted by Crippen LogP contribution is -2.37. The van der Waals surface area contributed by atoms with Crippen LogP contribution in [0.3, 0.4) is 0 Å². The van der Waals surface area contributed by atoms with Crippen molar-refractivity contribution in [2.75, 3.05) is 6.61 Å². The highest BCUT2D eigenvalue weighted by Crippen LogP contribution is 2.27. The van der Waals surface area contributed by atoms with Crippen LogP contribution in [0, 0.1) is 0 Å². The van der Waals surface area contributed by atoms with Gasteiger partial charge < -0.3 is 24.8 Å². The van der Waals surface area contributed by atoms with E-state index in [-0.39, 0.29) is 24.7 Å². The number of aliphatic hydroxyl groups excluding tert-OH is 1. The van der Waals surface area contributed by atoms with Crippen LogP contribution in [0.15, 0.2) is 72.1 Å². The lowest BCUT2D eigenvalue weighted by molar-refractivity contribution is 0.0930. The molecule has 4 rings (SSSR count). The topological polar surface area (TPSA) is 108 Å². The summed E-state index contributed by atoms with van der Waals surface area (Å²) in [6.45, 7) is 5.49. The number of carbonyl (C=O) groups is 1. The number of hydrogen-bond acceptors (Lipinski definition) is 6. The molecule has 0 saturated carbocycles. The molecule has 4 aromatic rings. The number of amides is 1. The fourth-order valence-corrected chi connectivity index (χ4v) is 4.45. The number of oxime groups is 1. The maximum absolute atomic E-state index is 12.9. The predicted molar refractivity (Wildman–Crippen MR) is 149 cm³/mol. The molecule has 9 heteroatoms. The molecule has 2 heterocycles. The Morgan fingerprint density at radius 2 is 1.95 bits per heavy atom. The molecule has 0 saturated heterocycles. The Labute approximate surface area is 226 Å². The van der Waals surface area contributed by atoms with Crippen molar-refractivity contribution in [2.24, 2.45) is 5.16 Å². The predicted octanol–water partition coefficient (Wildman–Crippen LogP) is 5.36. The van der Waals surface area contributed by atoms with Gasteiger partial charge in [0.2, 0.25) is 0 Å². The number of aromatic nitrogens is 2. The Balaban J connectivity index is 1.47. The number of imidazole rings is 1. The van der Waals surface area contributed by atoms with Crippen molar-refractivity contribution in [1.29, 1.82) is 0 Å². The first kappa shape index (κ1) is 27.2. The van der Waals surface area contributed by atoms with Gasteiger partial charge in [0.25, 0.3) is 5.91 Å². The van der Waals surface area contributed by atoms with Crippen molar-refractivity contribution in [3.05, 3.63) is 88.7 Å². The summed E-state index contributed by atoms with van der Waals surface area (Å²) in [7, 11) is 0. The molecule has 0 radical (unpaired) electrons. The number of halogens is 1. The first-order valence-corrected chi connectivity index (χ1v) is 12.8. The van der Waals surface area contributed by atoms with E-state index in [9.17, 15) is 15.1 Å². The highest BCUT2D eigenvalue weighted by atomic mass is 35.5. The normalized spacial score (nSPS) is 12.6. The minimum atomic E-state index is -0.264. The lowest BCUT2D eigenvalue weighted by atomic mass is 10.0. The first-order valence-electron chi connectivity index (χ1n) is 12.4. The average Bonchev–Trinajstić information content (AvgIpc) is 3.34. The van der Waals surface area contributed by atoms with Gasteiger partial charge in [-0.2, -0.15) is 0 Å². The van der Waals surface area contributed by atoms with Crippen LogP contribution in [-0.2, 0) is 6.42 Å². The summed E-state index contributed by atoms with van der Waals surface area (Å²) in [5, 5.41) is 25.5. The highest BCUT2D eigenvalue weighted by molar-refractivity contribution is 6.32. The van der Waals surface area contributed by atoms with Crippen LogP contribution in [-0.4, -0.2) is 50.1 Å². The number of benzene rings is 2. The quantitative estimate of drug-likeness (QED) is 0.144. The van der Waals surface area contributed by atoms with E-state index < -0.39 is 0 Å². The van der Waals surface area contributed by atoms with Gasteiger partial charge in [0.15, 0.2) is 0 Å². The lowest BCUT2D eigenvalue weighted by Gasteiger charge is -2.19. The molecule has 1 atom stereocenters. The first-order chi connectivity index (χ1) is 18.3. The Kier molecular flexibility index (Phi) is 8.66. The molecule has 0 aliphatic carbocycles. The summed E-state index contributed by atoms with van der Waals surface area (Å²) in [6.07, 6.45) is 4.76. The fourth-order valence-electron chi connectivity index (χ4n) is 4.23. The Morgan fingerprint density at radius 1 is 1.18 bits per heavy atom. The van der Waals surface area contributed by atoms with E-state index in [4.69, 9.17) is 21.3 Å². The summed E-state index contributed by atoms with van der Waals surface area (Å²) < 4.78 is 7.54. The van der Waals surface area contributed by atoms with Gasteiger partial charge in [0.1, 0.15) is 11.4 Å². The molecule has 3 N–H and O–H groups in total. The second kappa shape index (κ2) is 12.1. The van der Waals surface area contributed by atoms with Crippen LogP contribution in [0.25, 0.3) is 16.9 Å². The van der Waals surface area contributed by atoms with E-state index in [1.54, 1.807) is 25.1 Å².